The fraction of sp³-hybridized carbons (Fsp3) is 0.786. The lowest BCUT2D eigenvalue weighted by Gasteiger charge is -2.18. The third-order valence-corrected chi connectivity index (χ3v) is 3.66. The van der Waals surface area contributed by atoms with E-state index < -0.39 is 0 Å². The summed E-state index contributed by atoms with van der Waals surface area (Å²) in [5.74, 6) is 2.10. The van der Waals surface area contributed by atoms with Crippen LogP contribution in [-0.2, 0) is 0 Å². The summed E-state index contributed by atoms with van der Waals surface area (Å²) in [6, 6.07) is 0. The monoisotopic (exact) mass is 293 g/mol. The Morgan fingerprint density at radius 2 is 1.71 bits per heavy atom. The van der Waals surface area contributed by atoms with Crippen molar-refractivity contribution in [2.24, 2.45) is 0 Å². The molecule has 0 bridgehead atoms. The normalized spacial score (nSPS) is 14.8. The van der Waals surface area contributed by atoms with Gasteiger partial charge in [-0.15, -0.1) is 0 Å². The van der Waals surface area contributed by atoms with Crippen molar-refractivity contribution in [1.29, 1.82) is 0 Å². The Morgan fingerprint density at radius 3 is 2.33 bits per heavy atom. The van der Waals surface area contributed by atoms with Crippen molar-refractivity contribution in [2.75, 3.05) is 61.8 Å². The molecule has 1 aliphatic heterocycles. The predicted molar refractivity (Wildman–Crippen MR) is 87.1 cm³/mol. The van der Waals surface area contributed by atoms with Gasteiger partial charge in [0.25, 0.3) is 0 Å². The van der Waals surface area contributed by atoms with Crippen molar-refractivity contribution in [1.82, 2.24) is 19.9 Å². The number of anilines is 3. The lowest BCUT2D eigenvalue weighted by atomic mass is 10.4. The second-order valence-corrected chi connectivity index (χ2v) is 5.33. The highest BCUT2D eigenvalue weighted by Crippen LogP contribution is 2.18. The zero-order chi connectivity index (χ0) is 15.1. The van der Waals surface area contributed by atoms with Crippen LogP contribution in [-0.4, -0.2) is 66.2 Å². The van der Waals surface area contributed by atoms with Gasteiger partial charge >= 0.3 is 0 Å². The van der Waals surface area contributed by atoms with Crippen LogP contribution in [0.25, 0.3) is 0 Å². The third-order valence-electron chi connectivity index (χ3n) is 3.66. The number of nitrogens with one attached hydrogen (secondary N) is 2. The quantitative estimate of drug-likeness (QED) is 0.748. The maximum atomic E-state index is 4.55. The van der Waals surface area contributed by atoms with Crippen molar-refractivity contribution < 1.29 is 0 Å². The lowest BCUT2D eigenvalue weighted by molar-refractivity contribution is 0.367. The maximum Gasteiger partial charge on any atom is 0.231 e. The van der Waals surface area contributed by atoms with Crippen molar-refractivity contribution in [2.45, 2.75) is 26.7 Å². The van der Waals surface area contributed by atoms with E-state index >= 15 is 0 Å². The summed E-state index contributed by atoms with van der Waals surface area (Å²) in [5.41, 5.74) is 0. The van der Waals surface area contributed by atoms with Crippen molar-refractivity contribution in [3.05, 3.63) is 0 Å². The van der Waals surface area contributed by atoms with Gasteiger partial charge in [0.15, 0.2) is 0 Å². The molecule has 1 saturated heterocycles. The average Bonchev–Trinajstić information content (AvgIpc) is 3.01. The molecule has 0 unspecified atom stereocenters. The van der Waals surface area contributed by atoms with E-state index in [1.807, 2.05) is 6.92 Å². The fourth-order valence-corrected chi connectivity index (χ4v) is 2.26. The van der Waals surface area contributed by atoms with Crippen LogP contribution >= 0.6 is 0 Å². The Hall–Kier alpha value is -1.63. The van der Waals surface area contributed by atoms with Crippen LogP contribution < -0.4 is 15.5 Å². The molecule has 0 amide bonds. The highest BCUT2D eigenvalue weighted by molar-refractivity contribution is 5.44. The zero-order valence-electron chi connectivity index (χ0n) is 13.4. The highest BCUT2D eigenvalue weighted by atomic mass is 15.3. The van der Waals surface area contributed by atoms with Gasteiger partial charge in [0, 0.05) is 32.7 Å². The molecule has 21 heavy (non-hydrogen) atoms. The van der Waals surface area contributed by atoms with Gasteiger partial charge in [-0.25, -0.2) is 0 Å². The molecule has 7 heteroatoms. The molecular weight excluding hydrogens is 266 g/mol. The van der Waals surface area contributed by atoms with Crippen LogP contribution in [0.3, 0.4) is 0 Å². The molecule has 1 aromatic rings. The van der Waals surface area contributed by atoms with Gasteiger partial charge in [-0.2, -0.15) is 15.0 Å². The first-order valence-corrected chi connectivity index (χ1v) is 7.90. The molecule has 118 valence electrons. The average molecular weight is 293 g/mol. The highest BCUT2D eigenvalue weighted by Gasteiger charge is 2.17. The third kappa shape index (κ3) is 4.70. The summed E-state index contributed by atoms with van der Waals surface area (Å²) in [6.45, 7) is 9.92. The summed E-state index contributed by atoms with van der Waals surface area (Å²) in [4.78, 5) is 18.0. The minimum Gasteiger partial charge on any atom is -0.354 e. The lowest BCUT2D eigenvalue weighted by Crippen LogP contribution is -2.26. The van der Waals surface area contributed by atoms with E-state index in [1.165, 1.54) is 12.8 Å². The summed E-state index contributed by atoms with van der Waals surface area (Å²) in [6.07, 6.45) is 2.43. The molecular formula is C14H27N7. The van der Waals surface area contributed by atoms with E-state index in [4.69, 9.17) is 0 Å². The van der Waals surface area contributed by atoms with Gasteiger partial charge in [0.2, 0.25) is 17.8 Å². The van der Waals surface area contributed by atoms with E-state index in [0.29, 0.717) is 11.9 Å². The standard InChI is InChI=1S/C14H27N7/c1-4-15-12-17-13(16-8-11-20(3)5-2)19-14(18-12)21-9-6-7-10-21/h4-11H2,1-3H3,(H2,15,16,17,18,19). The molecule has 0 spiro atoms. The first kappa shape index (κ1) is 15.8. The molecule has 7 nitrogen and oxygen atoms in total. The van der Waals surface area contributed by atoms with Gasteiger partial charge in [0.05, 0.1) is 0 Å². The second kappa shape index (κ2) is 7.97. The topological polar surface area (TPSA) is 69.2 Å². The van der Waals surface area contributed by atoms with Crippen molar-refractivity contribution in [3.63, 3.8) is 0 Å². The van der Waals surface area contributed by atoms with E-state index in [-0.39, 0.29) is 0 Å². The molecule has 2 N–H and O–H groups in total. The number of aromatic nitrogens is 3. The molecule has 2 heterocycles. The number of hydrogen-bond acceptors (Lipinski definition) is 7. The van der Waals surface area contributed by atoms with Crippen molar-refractivity contribution >= 4 is 17.8 Å². The summed E-state index contributed by atoms with van der Waals surface area (Å²) in [5, 5.41) is 6.48. The summed E-state index contributed by atoms with van der Waals surface area (Å²) < 4.78 is 0. The predicted octanol–water partition coefficient (Wildman–Crippen LogP) is 1.27. The number of hydrogen-bond donors (Lipinski definition) is 2. The van der Waals surface area contributed by atoms with Gasteiger partial charge in [0.1, 0.15) is 0 Å². The Balaban J connectivity index is 2.04. The summed E-state index contributed by atoms with van der Waals surface area (Å²) >= 11 is 0. The van der Waals surface area contributed by atoms with Crippen LogP contribution in [0.4, 0.5) is 17.8 Å². The molecule has 0 atom stereocenters. The fourth-order valence-electron chi connectivity index (χ4n) is 2.26. The largest absolute Gasteiger partial charge is 0.354 e. The maximum absolute atomic E-state index is 4.55. The van der Waals surface area contributed by atoms with E-state index in [1.54, 1.807) is 0 Å². The zero-order valence-corrected chi connectivity index (χ0v) is 13.4. The van der Waals surface area contributed by atoms with Crippen LogP contribution in [0.5, 0.6) is 0 Å². The van der Waals surface area contributed by atoms with Crippen LogP contribution in [0.15, 0.2) is 0 Å². The van der Waals surface area contributed by atoms with Crippen LogP contribution in [0.1, 0.15) is 26.7 Å². The molecule has 0 saturated carbocycles. The van der Waals surface area contributed by atoms with Gasteiger partial charge in [-0.1, -0.05) is 6.92 Å². The number of rotatable bonds is 8. The Morgan fingerprint density at radius 1 is 1.05 bits per heavy atom. The molecule has 2 rings (SSSR count). The first-order chi connectivity index (χ1) is 10.2. The van der Waals surface area contributed by atoms with Gasteiger partial charge in [-0.05, 0) is 33.4 Å². The molecule has 1 aliphatic rings. The molecule has 1 aromatic heterocycles. The Bertz CT molecular complexity index is 431. The van der Waals surface area contributed by atoms with Gasteiger partial charge < -0.3 is 20.4 Å². The van der Waals surface area contributed by atoms with E-state index in [9.17, 15) is 0 Å². The smallest absolute Gasteiger partial charge is 0.231 e. The van der Waals surface area contributed by atoms with E-state index in [0.717, 1.165) is 45.2 Å². The molecule has 1 fully saturated rings. The van der Waals surface area contributed by atoms with Crippen LogP contribution in [0, 0.1) is 0 Å². The second-order valence-electron chi connectivity index (χ2n) is 5.33. The van der Waals surface area contributed by atoms with Crippen LogP contribution in [0.2, 0.25) is 0 Å². The first-order valence-electron chi connectivity index (χ1n) is 7.90. The van der Waals surface area contributed by atoms with Crippen molar-refractivity contribution in [3.8, 4) is 0 Å². The SMILES string of the molecule is CCNc1nc(NCCN(C)CC)nc(N2CCCC2)n1. The van der Waals surface area contributed by atoms with E-state index in [2.05, 4.69) is 49.4 Å². The summed E-state index contributed by atoms with van der Waals surface area (Å²) in [7, 11) is 2.11. The minimum atomic E-state index is 0.653. The minimum absolute atomic E-state index is 0.653. The van der Waals surface area contributed by atoms with Gasteiger partial charge in [-0.3, -0.25) is 0 Å². The Labute approximate surface area is 127 Å². The number of nitrogens with zero attached hydrogens (tertiary/aromatic N) is 5. The molecule has 0 radical (unpaired) electrons. The molecule has 0 aromatic carbocycles. The number of likely N-dealkylation sites (N-methyl/N-ethyl adjacent to an activating group) is 1. The molecule has 0 aliphatic carbocycles. The Kier molecular flexibility index (Phi) is 5.98.